The number of amides is 1. The van der Waals surface area contributed by atoms with Gasteiger partial charge in [-0.25, -0.2) is 8.42 Å². The van der Waals surface area contributed by atoms with Crippen LogP contribution >= 0.6 is 0 Å². The number of benzene rings is 4. The Morgan fingerprint density at radius 1 is 0.794 bits per heavy atom. The molecule has 34 heavy (non-hydrogen) atoms. The number of hydrogen-bond donors (Lipinski definition) is 0. The molecule has 0 atom stereocenters. The van der Waals surface area contributed by atoms with Gasteiger partial charge in [0, 0.05) is 30.4 Å². The Morgan fingerprint density at radius 2 is 1.44 bits per heavy atom. The van der Waals surface area contributed by atoms with Crippen LogP contribution in [0.2, 0.25) is 0 Å². The molecule has 0 saturated heterocycles. The van der Waals surface area contributed by atoms with Gasteiger partial charge >= 0.3 is 0 Å². The number of carbonyl (C=O) groups is 1. The van der Waals surface area contributed by atoms with Crippen LogP contribution in [0.3, 0.4) is 0 Å². The van der Waals surface area contributed by atoms with Crippen molar-refractivity contribution in [3.8, 4) is 0 Å². The van der Waals surface area contributed by atoms with Crippen LogP contribution in [0.1, 0.15) is 27.0 Å². The summed E-state index contributed by atoms with van der Waals surface area (Å²) >= 11 is 0. The molecular formula is C28H24N2O3S. The van der Waals surface area contributed by atoms with Crippen LogP contribution in [0.4, 0.5) is 17.1 Å². The molecule has 1 aliphatic rings. The molecule has 0 spiro atoms. The molecule has 1 heterocycles. The number of carbonyl (C=O) groups excluding carboxylic acids is 1. The Balaban J connectivity index is 1.66. The molecule has 0 aromatic heterocycles. The summed E-state index contributed by atoms with van der Waals surface area (Å²) in [5.41, 5.74) is 5.49. The summed E-state index contributed by atoms with van der Waals surface area (Å²) in [5.74, 6) is -0.573. The molecule has 1 aliphatic heterocycles. The molecule has 170 valence electrons. The Kier molecular flexibility index (Phi) is 5.46. The Labute approximate surface area is 199 Å². The molecule has 0 bridgehead atoms. The number of aryl methyl sites for hydroxylation is 1. The minimum Gasteiger partial charge on any atom is -0.344 e. The molecule has 0 radical (unpaired) electrons. The van der Waals surface area contributed by atoms with Gasteiger partial charge in [0.15, 0.2) is 0 Å². The third-order valence-corrected chi connectivity index (χ3v) is 7.92. The summed E-state index contributed by atoms with van der Waals surface area (Å²) < 4.78 is 28.5. The normalized spacial score (nSPS) is 12.6. The number of para-hydroxylation sites is 2. The molecule has 6 heteroatoms. The van der Waals surface area contributed by atoms with Crippen molar-refractivity contribution < 1.29 is 13.2 Å². The average Bonchev–Trinajstić information content (AvgIpc) is 2.85. The standard InChI is InChI=1S/C28H24N2O3S/c1-20-15-17-23(18-16-20)34(32,33)30(22-10-4-3-5-11-22)28(31)24-12-8-14-27-25(24)19-21-9-6-7-13-26(21)29(27)2/h3-18H,19H2,1-2H3. The molecule has 5 nitrogen and oxygen atoms in total. The van der Waals surface area contributed by atoms with Crippen molar-refractivity contribution in [2.75, 3.05) is 16.3 Å². The molecule has 0 saturated carbocycles. The SMILES string of the molecule is Cc1ccc(S(=O)(=O)N(C(=O)c2cccc3c2Cc2ccccc2N3C)c2ccccc2)cc1. The van der Waals surface area contributed by atoms with Crippen LogP contribution in [-0.2, 0) is 16.4 Å². The molecule has 0 N–H and O–H groups in total. The summed E-state index contributed by atoms with van der Waals surface area (Å²) in [7, 11) is -2.19. The Hall–Kier alpha value is -3.90. The van der Waals surface area contributed by atoms with Gasteiger partial charge in [0.05, 0.1) is 10.6 Å². The summed E-state index contributed by atoms with van der Waals surface area (Å²) in [5, 5.41) is 0. The first-order chi connectivity index (χ1) is 16.4. The first-order valence-corrected chi connectivity index (χ1v) is 12.5. The number of anilines is 3. The molecular weight excluding hydrogens is 444 g/mol. The van der Waals surface area contributed by atoms with Crippen LogP contribution < -0.4 is 9.21 Å². The lowest BCUT2D eigenvalue weighted by Crippen LogP contribution is -2.38. The maximum Gasteiger partial charge on any atom is 0.272 e. The summed E-state index contributed by atoms with van der Waals surface area (Å²) in [4.78, 5) is 16.2. The van der Waals surface area contributed by atoms with Gasteiger partial charge in [-0.1, -0.05) is 60.2 Å². The van der Waals surface area contributed by atoms with E-state index in [1.165, 1.54) is 0 Å². The van der Waals surface area contributed by atoms with E-state index in [9.17, 15) is 13.2 Å². The lowest BCUT2D eigenvalue weighted by molar-refractivity contribution is 0.100. The number of nitrogens with zero attached hydrogens (tertiary/aromatic N) is 2. The van der Waals surface area contributed by atoms with E-state index in [-0.39, 0.29) is 4.90 Å². The Morgan fingerprint density at radius 3 is 2.18 bits per heavy atom. The largest absolute Gasteiger partial charge is 0.344 e. The van der Waals surface area contributed by atoms with Gasteiger partial charge in [0.25, 0.3) is 15.9 Å². The predicted molar refractivity (Wildman–Crippen MR) is 135 cm³/mol. The van der Waals surface area contributed by atoms with Crippen LogP contribution in [-0.4, -0.2) is 21.4 Å². The molecule has 0 aliphatic carbocycles. The maximum absolute atomic E-state index is 14.1. The monoisotopic (exact) mass is 468 g/mol. The number of hydrogen-bond acceptors (Lipinski definition) is 4. The first-order valence-electron chi connectivity index (χ1n) is 11.0. The van der Waals surface area contributed by atoms with Gasteiger partial charge in [0.1, 0.15) is 0 Å². The van der Waals surface area contributed by atoms with E-state index in [1.54, 1.807) is 66.7 Å². The van der Waals surface area contributed by atoms with Crippen molar-refractivity contribution in [3.63, 3.8) is 0 Å². The average molecular weight is 469 g/mol. The highest BCUT2D eigenvalue weighted by Gasteiger charge is 2.34. The second kappa shape index (κ2) is 8.47. The van der Waals surface area contributed by atoms with Crippen molar-refractivity contribution in [3.05, 3.63) is 119 Å². The zero-order valence-corrected chi connectivity index (χ0v) is 19.8. The van der Waals surface area contributed by atoms with Gasteiger partial charge in [-0.05, 0) is 60.5 Å². The van der Waals surface area contributed by atoms with E-state index in [1.807, 2.05) is 49.2 Å². The quantitative estimate of drug-likeness (QED) is 0.385. The lowest BCUT2D eigenvalue weighted by Gasteiger charge is -2.32. The maximum atomic E-state index is 14.1. The van der Waals surface area contributed by atoms with E-state index in [0.29, 0.717) is 17.7 Å². The fourth-order valence-corrected chi connectivity index (χ4v) is 5.84. The van der Waals surface area contributed by atoms with Crippen LogP contribution in [0.15, 0.2) is 102 Å². The summed E-state index contributed by atoms with van der Waals surface area (Å²) in [6.45, 7) is 1.89. The van der Waals surface area contributed by atoms with Gasteiger partial charge < -0.3 is 4.90 Å². The van der Waals surface area contributed by atoms with Crippen molar-refractivity contribution in [2.45, 2.75) is 18.2 Å². The van der Waals surface area contributed by atoms with E-state index in [0.717, 1.165) is 32.4 Å². The van der Waals surface area contributed by atoms with Gasteiger partial charge in [-0.2, -0.15) is 4.31 Å². The van der Waals surface area contributed by atoms with Crippen molar-refractivity contribution in [1.82, 2.24) is 0 Å². The zero-order valence-electron chi connectivity index (χ0n) is 19.0. The fraction of sp³-hybridized carbons (Fsp3) is 0.107. The highest BCUT2D eigenvalue weighted by molar-refractivity contribution is 7.93. The van der Waals surface area contributed by atoms with E-state index < -0.39 is 15.9 Å². The third-order valence-electron chi connectivity index (χ3n) is 6.20. The summed E-state index contributed by atoms with van der Waals surface area (Å²) in [6.07, 6.45) is 0.547. The van der Waals surface area contributed by atoms with Crippen molar-refractivity contribution in [1.29, 1.82) is 0 Å². The van der Waals surface area contributed by atoms with Crippen LogP contribution in [0.5, 0.6) is 0 Å². The molecule has 0 fully saturated rings. The molecule has 1 amide bonds. The zero-order chi connectivity index (χ0) is 23.9. The third kappa shape index (κ3) is 3.66. The van der Waals surface area contributed by atoms with E-state index in [4.69, 9.17) is 0 Å². The molecule has 4 aromatic carbocycles. The smallest absolute Gasteiger partial charge is 0.272 e. The highest BCUT2D eigenvalue weighted by atomic mass is 32.2. The molecule has 5 rings (SSSR count). The van der Waals surface area contributed by atoms with E-state index >= 15 is 0 Å². The van der Waals surface area contributed by atoms with Crippen LogP contribution in [0, 0.1) is 6.92 Å². The van der Waals surface area contributed by atoms with Crippen molar-refractivity contribution in [2.24, 2.45) is 0 Å². The highest BCUT2D eigenvalue weighted by Crippen LogP contribution is 2.39. The van der Waals surface area contributed by atoms with Crippen molar-refractivity contribution >= 4 is 33.0 Å². The second-order valence-electron chi connectivity index (χ2n) is 8.39. The fourth-order valence-electron chi connectivity index (χ4n) is 4.44. The predicted octanol–water partition coefficient (Wildman–Crippen LogP) is 5.70. The number of rotatable bonds is 4. The van der Waals surface area contributed by atoms with Gasteiger partial charge in [-0.3, -0.25) is 4.79 Å². The van der Waals surface area contributed by atoms with Gasteiger partial charge in [0.2, 0.25) is 0 Å². The lowest BCUT2D eigenvalue weighted by atomic mass is 9.92. The van der Waals surface area contributed by atoms with Crippen LogP contribution in [0.25, 0.3) is 0 Å². The first kappa shape index (κ1) is 21.9. The summed E-state index contributed by atoms with van der Waals surface area (Å²) in [6, 6.07) is 28.6. The number of fused-ring (bicyclic) bond motifs is 2. The molecule has 4 aromatic rings. The van der Waals surface area contributed by atoms with E-state index in [2.05, 4.69) is 0 Å². The number of sulfonamides is 1. The minimum absolute atomic E-state index is 0.0718. The minimum atomic E-state index is -4.15. The topological polar surface area (TPSA) is 57.7 Å². The Bertz CT molecular complexity index is 1480. The molecule has 0 unspecified atom stereocenters. The van der Waals surface area contributed by atoms with Gasteiger partial charge in [-0.15, -0.1) is 0 Å². The second-order valence-corrected chi connectivity index (χ2v) is 10.2.